The molecule has 3 heteroatoms. The van der Waals surface area contributed by atoms with Crippen molar-refractivity contribution in [2.24, 2.45) is 0 Å². The standard InChI is InChI=1S/C38H54N2.2C11H23.Pd/c1-5-9-13-14-15-18-22-33-24-20-27-35(30-33)38(34-26-19-23-32(29-34)21-16-10-6-2)37(28-12-8-4)36(31-40-39)25-17-11-7-3;2*1-3-5-7-9-11-10-8-6-4-2;/h17,19-20,23-27,29-30H,5-16,18,21-22,28H2,1-4H3;2*1,3-11H2,2H3;/q;2*-1;+2. The molecule has 0 atom stereocenters. The van der Waals surface area contributed by atoms with Crippen molar-refractivity contribution in [3.63, 3.8) is 0 Å². The van der Waals surface area contributed by atoms with Gasteiger partial charge in [-0.05, 0) is 84.4 Å². The Hall–Kier alpha value is -2.26. The molecule has 0 aliphatic heterocycles. The fourth-order valence-corrected chi connectivity index (χ4v) is 7.96. The van der Waals surface area contributed by atoms with Crippen LogP contribution in [0, 0.1) is 13.8 Å². The molecule has 2 aromatic carbocycles. The summed E-state index contributed by atoms with van der Waals surface area (Å²) in [4.78, 5) is 3.40. The van der Waals surface area contributed by atoms with Crippen LogP contribution in [0.2, 0.25) is 0 Å². The second-order valence-corrected chi connectivity index (χ2v) is 17.8. The van der Waals surface area contributed by atoms with Crippen LogP contribution in [0.15, 0.2) is 71.8 Å². The van der Waals surface area contributed by atoms with Crippen molar-refractivity contribution in [1.82, 2.24) is 0 Å². The fraction of sp³-hybridized carbons (Fsp3) is 0.667. The monoisotopic (exact) mass is 955 g/mol. The van der Waals surface area contributed by atoms with E-state index in [-0.39, 0.29) is 20.4 Å². The average molecular weight is 956 g/mol. The average Bonchev–Trinajstić information content (AvgIpc) is 3.29. The van der Waals surface area contributed by atoms with E-state index in [4.69, 9.17) is 0 Å². The molecule has 0 bridgehead atoms. The third-order valence-electron chi connectivity index (χ3n) is 11.8. The molecule has 2 rings (SSSR count). The molecule has 63 heavy (non-hydrogen) atoms. The molecule has 0 unspecified atom stereocenters. The third kappa shape index (κ3) is 35.7. The number of rotatable bonds is 36. The van der Waals surface area contributed by atoms with Gasteiger partial charge in [-0.1, -0.05) is 257 Å². The summed E-state index contributed by atoms with van der Waals surface area (Å²) in [5.74, 6) is 2.95. The Morgan fingerprint density at radius 2 is 0.889 bits per heavy atom. The largest absolute Gasteiger partial charge is 2.00 e. The van der Waals surface area contributed by atoms with Crippen LogP contribution in [0.5, 0.6) is 0 Å². The molecule has 0 fully saturated rings. The van der Waals surface area contributed by atoms with Crippen LogP contribution in [-0.2, 0) is 33.3 Å². The molecular weight excluding hydrogens is 855 g/mol. The molecule has 0 radical (unpaired) electrons. The van der Waals surface area contributed by atoms with Gasteiger partial charge in [-0.2, -0.15) is 12.8 Å². The topological polar surface area (TPSA) is 36.4 Å². The van der Waals surface area contributed by atoms with Gasteiger partial charge in [0.2, 0.25) is 0 Å². The molecule has 0 amide bonds. The first-order chi connectivity index (χ1) is 30.5. The summed E-state index contributed by atoms with van der Waals surface area (Å²) in [6.45, 7) is 21.2. The Morgan fingerprint density at radius 1 is 0.508 bits per heavy atom. The Balaban J connectivity index is 0. The van der Waals surface area contributed by atoms with Crippen LogP contribution in [0.1, 0.15) is 269 Å². The summed E-state index contributed by atoms with van der Waals surface area (Å²) in [5, 5.41) is 0. The van der Waals surface area contributed by atoms with E-state index in [1.807, 2.05) is 0 Å². The van der Waals surface area contributed by atoms with Crippen LogP contribution in [0.3, 0.4) is 0 Å². The maximum absolute atomic E-state index is 9.61. The number of hydrogen-bond donors (Lipinski definition) is 0. The number of nitrogens with zero attached hydrogens (tertiary/aromatic N) is 2. The van der Waals surface area contributed by atoms with Crippen molar-refractivity contribution in [3.8, 4) is 0 Å². The third-order valence-corrected chi connectivity index (χ3v) is 11.8. The van der Waals surface area contributed by atoms with Gasteiger partial charge in [0.15, 0.2) is 0 Å². The Kier molecular flexibility index (Phi) is 49.0. The molecule has 2 aromatic rings. The maximum atomic E-state index is 9.61. The summed E-state index contributed by atoms with van der Waals surface area (Å²) < 4.78 is 0. The first-order valence-corrected chi connectivity index (χ1v) is 26.6. The fourth-order valence-electron chi connectivity index (χ4n) is 7.96. The summed E-state index contributed by atoms with van der Waals surface area (Å²) in [6.07, 6.45) is 48.1. The van der Waals surface area contributed by atoms with E-state index >= 15 is 0 Å². The van der Waals surface area contributed by atoms with Gasteiger partial charge in [-0.3, -0.25) is 0 Å². The molecule has 0 saturated carbocycles. The molecule has 0 aromatic heterocycles. The van der Waals surface area contributed by atoms with Gasteiger partial charge < -0.3 is 19.4 Å². The van der Waals surface area contributed by atoms with Crippen LogP contribution >= 0.6 is 0 Å². The van der Waals surface area contributed by atoms with E-state index in [1.54, 1.807) is 0 Å². The molecule has 0 aliphatic carbocycles. The molecule has 360 valence electrons. The van der Waals surface area contributed by atoms with Crippen molar-refractivity contribution in [2.45, 2.75) is 260 Å². The van der Waals surface area contributed by atoms with Gasteiger partial charge in [-0.15, -0.1) is 4.79 Å². The van der Waals surface area contributed by atoms with Crippen molar-refractivity contribution in [2.75, 3.05) is 0 Å². The van der Waals surface area contributed by atoms with Gasteiger partial charge in [0.25, 0.3) is 0 Å². The molecular formula is C60H100N2Pd. The van der Waals surface area contributed by atoms with Gasteiger partial charge in [0.1, 0.15) is 5.57 Å². The van der Waals surface area contributed by atoms with Crippen molar-refractivity contribution in [1.29, 1.82) is 0 Å². The number of unbranched alkanes of at least 4 members (excludes halogenated alkanes) is 25. The van der Waals surface area contributed by atoms with Crippen LogP contribution in [0.4, 0.5) is 0 Å². The molecule has 0 saturated heterocycles. The van der Waals surface area contributed by atoms with Gasteiger partial charge in [0, 0.05) is 0 Å². The van der Waals surface area contributed by atoms with E-state index in [2.05, 4.69) is 127 Å². The molecule has 0 N–H and O–H groups in total. The van der Waals surface area contributed by atoms with E-state index < -0.39 is 0 Å². The van der Waals surface area contributed by atoms with E-state index in [0.717, 1.165) is 63.4 Å². The number of aryl methyl sites for hydroxylation is 2. The SMILES string of the molecule is CCCC=CC(=C=[N+]=[N-])C(CCCC)=C(c1cccc(CCCCC)c1)c1cccc(CCCCCCCC)c1.[CH2-]CCCCCCCCCC.[CH2-]CCCCCCCCCC.[Pd+2]. The smallest absolute Gasteiger partial charge is 0.348 e. The van der Waals surface area contributed by atoms with E-state index in [0.29, 0.717) is 0 Å². The minimum Gasteiger partial charge on any atom is -0.348 e. The molecule has 0 spiro atoms. The number of hydrogen-bond acceptors (Lipinski definition) is 0. The maximum Gasteiger partial charge on any atom is 2.00 e. The van der Waals surface area contributed by atoms with Crippen molar-refractivity contribution < 1.29 is 25.2 Å². The van der Waals surface area contributed by atoms with Gasteiger partial charge in [0.05, 0.1) is 0 Å². The number of allylic oxidation sites excluding steroid dienone is 4. The zero-order valence-electron chi connectivity index (χ0n) is 42.4. The zero-order chi connectivity index (χ0) is 45.6. The summed E-state index contributed by atoms with van der Waals surface area (Å²) >= 11 is 0. The van der Waals surface area contributed by atoms with Crippen LogP contribution in [-0.4, -0.2) is 10.7 Å². The molecule has 2 nitrogen and oxygen atoms in total. The zero-order valence-corrected chi connectivity index (χ0v) is 44.0. The van der Waals surface area contributed by atoms with Crippen molar-refractivity contribution >= 4 is 11.4 Å². The minimum absolute atomic E-state index is 0. The van der Waals surface area contributed by atoms with Crippen LogP contribution < -0.4 is 0 Å². The second-order valence-electron chi connectivity index (χ2n) is 17.8. The Bertz CT molecular complexity index is 1410. The first kappa shape index (κ1) is 62.8. The summed E-state index contributed by atoms with van der Waals surface area (Å²) in [5.41, 5.74) is 18.3. The Labute approximate surface area is 407 Å². The predicted octanol–water partition coefficient (Wildman–Crippen LogP) is 20.2. The summed E-state index contributed by atoms with van der Waals surface area (Å²) in [7, 11) is 0. The van der Waals surface area contributed by atoms with Crippen LogP contribution in [0.25, 0.3) is 11.1 Å². The summed E-state index contributed by atoms with van der Waals surface area (Å²) in [6, 6.07) is 18.3. The van der Waals surface area contributed by atoms with Gasteiger partial charge >= 0.3 is 26.3 Å². The van der Waals surface area contributed by atoms with E-state index in [1.165, 1.54) is 194 Å². The minimum atomic E-state index is 0. The predicted molar refractivity (Wildman–Crippen MR) is 280 cm³/mol. The first-order valence-electron chi connectivity index (χ1n) is 26.6. The molecule has 0 heterocycles. The van der Waals surface area contributed by atoms with Gasteiger partial charge in [-0.25, -0.2) is 0 Å². The van der Waals surface area contributed by atoms with E-state index in [9.17, 15) is 5.53 Å². The number of benzene rings is 2. The Morgan fingerprint density at radius 3 is 1.29 bits per heavy atom. The second kappa shape index (κ2) is 49.2. The normalized spacial score (nSPS) is 11.1. The molecule has 0 aliphatic rings. The van der Waals surface area contributed by atoms with Crippen molar-refractivity contribution in [3.05, 3.63) is 113 Å². The quantitative estimate of drug-likeness (QED) is 0.0124.